The molecule has 0 fully saturated rings. The van der Waals surface area contributed by atoms with Gasteiger partial charge < -0.3 is 14.2 Å². The molecule has 0 spiro atoms. The van der Waals surface area contributed by atoms with Crippen molar-refractivity contribution >= 4 is 17.9 Å². The molecule has 0 radical (unpaired) electrons. The van der Waals surface area contributed by atoms with Gasteiger partial charge in [0.1, 0.15) is 13.2 Å². The number of carbonyl (C=O) groups excluding carboxylic acids is 3. The number of unbranched alkanes of at least 4 members (excludes halogenated alkanes) is 27. The average Bonchev–Trinajstić information content (AvgIpc) is 3.08. The maximum atomic E-state index is 12.6. The number of hydrogen-bond acceptors (Lipinski definition) is 6. The molecule has 6 nitrogen and oxygen atoms in total. The molecule has 48 heavy (non-hydrogen) atoms. The van der Waals surface area contributed by atoms with Crippen LogP contribution in [0, 0.1) is 0 Å². The zero-order chi connectivity index (χ0) is 35.2. The van der Waals surface area contributed by atoms with Gasteiger partial charge >= 0.3 is 17.9 Å². The van der Waals surface area contributed by atoms with Crippen LogP contribution >= 0.6 is 0 Å². The number of hydrogen-bond donors (Lipinski definition) is 0. The minimum Gasteiger partial charge on any atom is -0.462 e. The number of ether oxygens (including phenoxy) is 3. The number of carbonyl (C=O) groups is 3. The largest absolute Gasteiger partial charge is 0.462 e. The van der Waals surface area contributed by atoms with E-state index in [1.165, 1.54) is 135 Å². The summed E-state index contributed by atoms with van der Waals surface area (Å²) >= 11 is 0. The average molecular weight is 681 g/mol. The normalized spacial score (nSPS) is 11.8. The van der Waals surface area contributed by atoms with Crippen molar-refractivity contribution in [1.29, 1.82) is 0 Å². The van der Waals surface area contributed by atoms with Crippen LogP contribution in [0.1, 0.15) is 233 Å². The molecule has 0 aliphatic heterocycles. The molecule has 6 heteroatoms. The smallest absolute Gasteiger partial charge is 0.306 e. The van der Waals surface area contributed by atoms with Gasteiger partial charge in [0, 0.05) is 19.3 Å². The lowest BCUT2D eigenvalue weighted by molar-refractivity contribution is -0.167. The third-order valence-electron chi connectivity index (χ3n) is 9.36. The topological polar surface area (TPSA) is 78.9 Å². The molecule has 1 unspecified atom stereocenters. The van der Waals surface area contributed by atoms with E-state index < -0.39 is 6.10 Å². The van der Waals surface area contributed by atoms with Crippen LogP contribution in [0.3, 0.4) is 0 Å². The Morgan fingerprint density at radius 3 is 0.833 bits per heavy atom. The monoisotopic (exact) mass is 681 g/mol. The van der Waals surface area contributed by atoms with Gasteiger partial charge in [-0.05, 0) is 19.3 Å². The van der Waals surface area contributed by atoms with E-state index in [1.807, 2.05) is 0 Å². The van der Waals surface area contributed by atoms with Gasteiger partial charge in [0.25, 0.3) is 0 Å². The predicted molar refractivity (Wildman–Crippen MR) is 201 cm³/mol. The SMILES string of the molecule is CCCCCCCCCCCCCCCCCC(=O)OCC(COC(=O)CCCCCCCCC)OC(=O)CCCCCCCCCC. The standard InChI is InChI=1S/C42H80O6/c1-4-7-10-13-16-18-19-20-21-22-23-24-27-29-32-35-41(44)47-38-39(37-46-40(43)34-31-28-25-15-12-9-6-3)48-42(45)36-33-30-26-17-14-11-8-5-2/h39H,4-38H2,1-3H3. The fourth-order valence-corrected chi connectivity index (χ4v) is 6.15. The highest BCUT2D eigenvalue weighted by molar-refractivity contribution is 5.71. The molecule has 0 aliphatic carbocycles. The third kappa shape index (κ3) is 35.7. The summed E-state index contributed by atoms with van der Waals surface area (Å²) in [6.07, 6.45) is 36.7. The maximum absolute atomic E-state index is 12.6. The Morgan fingerprint density at radius 2 is 0.562 bits per heavy atom. The lowest BCUT2D eigenvalue weighted by atomic mass is 10.0. The Hall–Kier alpha value is -1.59. The lowest BCUT2D eigenvalue weighted by Crippen LogP contribution is -2.30. The lowest BCUT2D eigenvalue weighted by Gasteiger charge is -2.18. The van der Waals surface area contributed by atoms with Gasteiger partial charge in [0.05, 0.1) is 0 Å². The zero-order valence-electron chi connectivity index (χ0n) is 32.3. The number of esters is 3. The summed E-state index contributed by atoms with van der Waals surface area (Å²) in [7, 11) is 0. The first-order valence-corrected chi connectivity index (χ1v) is 21.0. The quantitative estimate of drug-likeness (QED) is 0.0367. The molecule has 0 aliphatic rings. The summed E-state index contributed by atoms with van der Waals surface area (Å²) in [6, 6.07) is 0. The molecule has 0 aromatic heterocycles. The summed E-state index contributed by atoms with van der Waals surface area (Å²) in [5, 5.41) is 0. The van der Waals surface area contributed by atoms with Crippen molar-refractivity contribution in [2.45, 2.75) is 239 Å². The fourth-order valence-electron chi connectivity index (χ4n) is 6.15. The molecular formula is C42H80O6. The molecule has 0 N–H and O–H groups in total. The molecule has 0 saturated carbocycles. The van der Waals surface area contributed by atoms with Crippen molar-refractivity contribution in [2.24, 2.45) is 0 Å². The van der Waals surface area contributed by atoms with E-state index in [9.17, 15) is 14.4 Å². The molecule has 0 rings (SSSR count). The second-order valence-electron chi connectivity index (χ2n) is 14.3. The summed E-state index contributed by atoms with van der Waals surface area (Å²) in [4.78, 5) is 37.3. The van der Waals surface area contributed by atoms with Gasteiger partial charge in [-0.3, -0.25) is 14.4 Å². The van der Waals surface area contributed by atoms with E-state index in [0.29, 0.717) is 19.3 Å². The van der Waals surface area contributed by atoms with Crippen LogP contribution in [0.2, 0.25) is 0 Å². The summed E-state index contributed by atoms with van der Waals surface area (Å²) in [6.45, 7) is 6.57. The Balaban J connectivity index is 4.21. The van der Waals surface area contributed by atoms with Crippen LogP contribution in [0.25, 0.3) is 0 Å². The van der Waals surface area contributed by atoms with Crippen molar-refractivity contribution in [3.8, 4) is 0 Å². The van der Waals surface area contributed by atoms with E-state index in [0.717, 1.165) is 57.8 Å². The Morgan fingerprint density at radius 1 is 0.333 bits per heavy atom. The summed E-state index contributed by atoms with van der Waals surface area (Å²) < 4.78 is 16.6. The van der Waals surface area contributed by atoms with Gasteiger partial charge in [-0.25, -0.2) is 0 Å². The summed E-state index contributed by atoms with van der Waals surface area (Å²) in [5.41, 5.74) is 0. The molecule has 0 amide bonds. The minimum absolute atomic E-state index is 0.0640. The first kappa shape index (κ1) is 46.4. The molecule has 0 bridgehead atoms. The van der Waals surface area contributed by atoms with Gasteiger partial charge in [0.2, 0.25) is 0 Å². The van der Waals surface area contributed by atoms with Gasteiger partial charge in [-0.2, -0.15) is 0 Å². The van der Waals surface area contributed by atoms with Gasteiger partial charge in [0.15, 0.2) is 6.10 Å². The van der Waals surface area contributed by atoms with Crippen LogP contribution in [-0.4, -0.2) is 37.2 Å². The third-order valence-corrected chi connectivity index (χ3v) is 9.36. The molecule has 0 heterocycles. The molecule has 284 valence electrons. The highest BCUT2D eigenvalue weighted by atomic mass is 16.6. The van der Waals surface area contributed by atoms with Crippen molar-refractivity contribution in [2.75, 3.05) is 13.2 Å². The second-order valence-corrected chi connectivity index (χ2v) is 14.3. The highest BCUT2D eigenvalue weighted by Crippen LogP contribution is 2.15. The Bertz CT molecular complexity index is 708. The fraction of sp³-hybridized carbons (Fsp3) is 0.929. The first-order valence-electron chi connectivity index (χ1n) is 21.0. The van der Waals surface area contributed by atoms with Crippen molar-refractivity contribution in [3.05, 3.63) is 0 Å². The van der Waals surface area contributed by atoms with Crippen molar-refractivity contribution < 1.29 is 28.6 Å². The molecule has 1 atom stereocenters. The minimum atomic E-state index is -0.755. The van der Waals surface area contributed by atoms with E-state index >= 15 is 0 Å². The molecule has 0 saturated heterocycles. The van der Waals surface area contributed by atoms with E-state index in [4.69, 9.17) is 14.2 Å². The zero-order valence-corrected chi connectivity index (χ0v) is 32.3. The predicted octanol–water partition coefficient (Wildman–Crippen LogP) is 12.9. The van der Waals surface area contributed by atoms with Crippen LogP contribution in [0.4, 0.5) is 0 Å². The van der Waals surface area contributed by atoms with E-state index in [-0.39, 0.29) is 31.1 Å². The van der Waals surface area contributed by atoms with Gasteiger partial charge in [-0.1, -0.05) is 194 Å². The Kier molecular flexibility index (Phi) is 36.9. The maximum Gasteiger partial charge on any atom is 0.306 e. The van der Waals surface area contributed by atoms with Crippen molar-refractivity contribution in [3.63, 3.8) is 0 Å². The second kappa shape index (κ2) is 38.2. The molecular weight excluding hydrogens is 600 g/mol. The first-order chi connectivity index (χ1) is 23.5. The van der Waals surface area contributed by atoms with Gasteiger partial charge in [-0.15, -0.1) is 0 Å². The van der Waals surface area contributed by atoms with Crippen LogP contribution in [-0.2, 0) is 28.6 Å². The number of rotatable bonds is 38. The highest BCUT2D eigenvalue weighted by Gasteiger charge is 2.19. The molecule has 0 aromatic carbocycles. The van der Waals surface area contributed by atoms with Crippen LogP contribution < -0.4 is 0 Å². The Labute approximate surface area is 298 Å². The van der Waals surface area contributed by atoms with E-state index in [1.54, 1.807) is 0 Å². The van der Waals surface area contributed by atoms with Crippen LogP contribution in [0.5, 0.6) is 0 Å². The molecule has 0 aromatic rings. The van der Waals surface area contributed by atoms with E-state index in [2.05, 4.69) is 20.8 Å². The van der Waals surface area contributed by atoms with Crippen LogP contribution in [0.15, 0.2) is 0 Å². The summed E-state index contributed by atoms with van der Waals surface area (Å²) in [5.74, 6) is -0.868. The van der Waals surface area contributed by atoms with Crippen molar-refractivity contribution in [1.82, 2.24) is 0 Å².